The van der Waals surface area contributed by atoms with Crippen LogP contribution in [0.3, 0.4) is 0 Å². The second-order valence-electron chi connectivity index (χ2n) is 3.51. The Kier molecular flexibility index (Phi) is 5.67. The maximum absolute atomic E-state index is 9.66. The Morgan fingerprint density at radius 1 is 1.06 bits per heavy atom. The number of hydrogen-bond donors (Lipinski definition) is 3. The third-order valence-electron chi connectivity index (χ3n) is 2.25. The Morgan fingerprint density at radius 3 is 2.50 bits per heavy atom. The first-order chi connectivity index (χ1) is 7.79. The molecule has 0 bridgehead atoms. The largest absolute Gasteiger partial charge is 0.508 e. The highest BCUT2D eigenvalue weighted by atomic mass is 16.5. The maximum Gasteiger partial charge on any atom is 0.126 e. The van der Waals surface area contributed by atoms with Gasteiger partial charge in [0, 0.05) is 25.2 Å². The molecule has 0 heterocycles. The van der Waals surface area contributed by atoms with E-state index in [2.05, 4.69) is 0 Å². The van der Waals surface area contributed by atoms with Gasteiger partial charge in [-0.2, -0.15) is 0 Å². The van der Waals surface area contributed by atoms with Crippen molar-refractivity contribution in [2.45, 2.75) is 19.3 Å². The lowest BCUT2D eigenvalue weighted by molar-refractivity contribution is 0.231. The molecule has 1 rings (SSSR count). The number of phenols is 1. The molecule has 3 N–H and O–H groups in total. The van der Waals surface area contributed by atoms with Crippen LogP contribution in [-0.4, -0.2) is 35.1 Å². The van der Waals surface area contributed by atoms with E-state index in [1.54, 1.807) is 18.2 Å². The number of benzene rings is 1. The quantitative estimate of drug-likeness (QED) is 0.608. The Morgan fingerprint density at radius 2 is 1.81 bits per heavy atom. The molecular weight excluding hydrogens is 208 g/mol. The summed E-state index contributed by atoms with van der Waals surface area (Å²) in [4.78, 5) is 0. The molecule has 4 nitrogen and oxygen atoms in total. The van der Waals surface area contributed by atoms with Crippen LogP contribution in [0.25, 0.3) is 0 Å². The second-order valence-corrected chi connectivity index (χ2v) is 3.51. The van der Waals surface area contributed by atoms with E-state index < -0.39 is 0 Å². The average molecular weight is 226 g/mol. The van der Waals surface area contributed by atoms with Crippen LogP contribution in [-0.2, 0) is 6.42 Å². The van der Waals surface area contributed by atoms with Crippen LogP contribution in [0.4, 0.5) is 0 Å². The van der Waals surface area contributed by atoms with E-state index in [0.29, 0.717) is 31.6 Å². The lowest BCUT2D eigenvalue weighted by Gasteiger charge is -2.12. The number of phenolic OH excluding ortho intramolecular Hbond substituents is 1. The third-order valence-corrected chi connectivity index (χ3v) is 2.25. The van der Waals surface area contributed by atoms with E-state index in [1.807, 2.05) is 0 Å². The predicted octanol–water partition coefficient (Wildman–Crippen LogP) is 1.08. The van der Waals surface area contributed by atoms with Gasteiger partial charge in [-0.3, -0.25) is 0 Å². The molecule has 0 fully saturated rings. The monoisotopic (exact) mass is 226 g/mol. The summed E-state index contributed by atoms with van der Waals surface area (Å²) in [5.74, 6) is 0.817. The molecule has 0 radical (unpaired) electrons. The number of hydrogen-bond acceptors (Lipinski definition) is 4. The fourth-order valence-electron chi connectivity index (χ4n) is 1.44. The minimum Gasteiger partial charge on any atom is -0.508 e. The molecule has 0 amide bonds. The summed E-state index contributed by atoms with van der Waals surface area (Å²) in [5, 5.41) is 27.1. The topological polar surface area (TPSA) is 69.9 Å². The van der Waals surface area contributed by atoms with E-state index in [9.17, 15) is 5.11 Å². The van der Waals surface area contributed by atoms with Crippen molar-refractivity contribution in [3.8, 4) is 11.5 Å². The van der Waals surface area contributed by atoms with Gasteiger partial charge in [-0.25, -0.2) is 0 Å². The summed E-state index contributed by atoms with van der Waals surface area (Å²) in [6.45, 7) is 0.598. The lowest BCUT2D eigenvalue weighted by atomic mass is 10.1. The predicted molar refractivity (Wildman–Crippen MR) is 60.7 cm³/mol. The fraction of sp³-hybridized carbons (Fsp3) is 0.500. The first kappa shape index (κ1) is 12.8. The van der Waals surface area contributed by atoms with Gasteiger partial charge < -0.3 is 20.1 Å². The average Bonchev–Trinajstić information content (AvgIpc) is 2.28. The maximum atomic E-state index is 9.66. The fourth-order valence-corrected chi connectivity index (χ4v) is 1.44. The summed E-state index contributed by atoms with van der Waals surface area (Å²) in [6, 6.07) is 5.10. The highest BCUT2D eigenvalue weighted by Gasteiger charge is 2.08. The van der Waals surface area contributed by atoms with Crippen molar-refractivity contribution in [2.24, 2.45) is 0 Å². The van der Waals surface area contributed by atoms with E-state index in [1.165, 1.54) is 0 Å². The molecular formula is C12H18O4. The van der Waals surface area contributed by atoms with Crippen LogP contribution < -0.4 is 4.74 Å². The molecule has 4 heteroatoms. The van der Waals surface area contributed by atoms with E-state index in [0.717, 1.165) is 5.56 Å². The van der Waals surface area contributed by atoms with Crippen molar-refractivity contribution in [3.05, 3.63) is 23.8 Å². The van der Waals surface area contributed by atoms with Crippen molar-refractivity contribution in [1.82, 2.24) is 0 Å². The first-order valence-electron chi connectivity index (χ1n) is 5.45. The minimum atomic E-state index is 0.0877. The summed E-state index contributed by atoms with van der Waals surface area (Å²) in [7, 11) is 0. The molecule has 0 aliphatic rings. The second kappa shape index (κ2) is 7.09. The number of ether oxygens (including phenoxy) is 1. The summed E-state index contributed by atoms with van der Waals surface area (Å²) < 4.78 is 5.45. The minimum absolute atomic E-state index is 0.0877. The van der Waals surface area contributed by atoms with Crippen molar-refractivity contribution in [3.63, 3.8) is 0 Å². The highest BCUT2D eigenvalue weighted by Crippen LogP contribution is 2.28. The Bertz CT molecular complexity index is 312. The standard InChI is InChI=1S/C12H18O4/c13-7-2-4-10-11(15)5-1-6-12(10)16-9-3-8-14/h1,5-6,13-15H,2-4,7-9H2. The molecule has 0 aromatic heterocycles. The molecule has 0 saturated heterocycles. The molecule has 0 aliphatic heterocycles. The summed E-state index contributed by atoms with van der Waals surface area (Å²) >= 11 is 0. The summed E-state index contributed by atoms with van der Waals surface area (Å²) in [5.41, 5.74) is 0.717. The molecule has 0 saturated carbocycles. The van der Waals surface area contributed by atoms with Gasteiger partial charge in [-0.1, -0.05) is 6.07 Å². The van der Waals surface area contributed by atoms with E-state index in [4.69, 9.17) is 14.9 Å². The van der Waals surface area contributed by atoms with E-state index in [-0.39, 0.29) is 19.0 Å². The normalized spacial score (nSPS) is 10.4. The molecule has 0 aliphatic carbocycles. The van der Waals surface area contributed by atoms with Crippen molar-refractivity contribution < 1.29 is 20.1 Å². The molecule has 90 valence electrons. The Balaban J connectivity index is 2.68. The van der Waals surface area contributed by atoms with Crippen LogP contribution in [0.1, 0.15) is 18.4 Å². The number of aliphatic hydroxyl groups excluding tert-OH is 2. The zero-order valence-electron chi connectivity index (χ0n) is 9.22. The van der Waals surface area contributed by atoms with Gasteiger partial charge in [0.25, 0.3) is 0 Å². The molecule has 0 spiro atoms. The molecule has 1 aromatic carbocycles. The van der Waals surface area contributed by atoms with Crippen LogP contribution in [0, 0.1) is 0 Å². The van der Waals surface area contributed by atoms with Gasteiger partial charge in [-0.15, -0.1) is 0 Å². The molecule has 0 atom stereocenters. The van der Waals surface area contributed by atoms with Gasteiger partial charge in [-0.05, 0) is 25.0 Å². The molecule has 16 heavy (non-hydrogen) atoms. The van der Waals surface area contributed by atoms with Crippen LogP contribution in [0.15, 0.2) is 18.2 Å². The van der Waals surface area contributed by atoms with Crippen LogP contribution in [0.5, 0.6) is 11.5 Å². The lowest BCUT2D eigenvalue weighted by Crippen LogP contribution is -2.02. The van der Waals surface area contributed by atoms with Crippen molar-refractivity contribution >= 4 is 0 Å². The van der Waals surface area contributed by atoms with Crippen LogP contribution >= 0.6 is 0 Å². The summed E-state index contributed by atoms with van der Waals surface area (Å²) in [6.07, 6.45) is 1.74. The number of rotatable bonds is 7. The number of aliphatic hydroxyl groups is 2. The third kappa shape index (κ3) is 3.72. The SMILES string of the molecule is OCCCOc1cccc(O)c1CCCO. The molecule has 0 unspecified atom stereocenters. The van der Waals surface area contributed by atoms with Gasteiger partial charge in [0.15, 0.2) is 0 Å². The van der Waals surface area contributed by atoms with Gasteiger partial charge in [0.05, 0.1) is 6.61 Å². The van der Waals surface area contributed by atoms with Gasteiger partial charge in [0.2, 0.25) is 0 Å². The van der Waals surface area contributed by atoms with Crippen LogP contribution in [0.2, 0.25) is 0 Å². The molecule has 1 aromatic rings. The van der Waals surface area contributed by atoms with Crippen molar-refractivity contribution in [1.29, 1.82) is 0 Å². The van der Waals surface area contributed by atoms with Crippen molar-refractivity contribution in [2.75, 3.05) is 19.8 Å². The van der Waals surface area contributed by atoms with E-state index >= 15 is 0 Å². The Labute approximate surface area is 95.1 Å². The smallest absolute Gasteiger partial charge is 0.126 e. The van der Waals surface area contributed by atoms with Gasteiger partial charge >= 0.3 is 0 Å². The first-order valence-corrected chi connectivity index (χ1v) is 5.45. The number of aromatic hydroxyl groups is 1. The zero-order valence-corrected chi connectivity index (χ0v) is 9.22. The Hall–Kier alpha value is -1.26. The van der Waals surface area contributed by atoms with Gasteiger partial charge in [0.1, 0.15) is 11.5 Å². The zero-order chi connectivity index (χ0) is 11.8. The highest BCUT2D eigenvalue weighted by molar-refractivity contribution is 5.43.